The van der Waals surface area contributed by atoms with Crippen molar-refractivity contribution in [1.82, 2.24) is 4.98 Å². The van der Waals surface area contributed by atoms with E-state index in [1.54, 1.807) is 12.1 Å². The third-order valence-corrected chi connectivity index (χ3v) is 2.42. The Kier molecular flexibility index (Phi) is 2.91. The monoisotopic (exact) mass is 226 g/mol. The molecule has 2 aromatic rings. The van der Waals surface area contributed by atoms with Gasteiger partial charge in [0.1, 0.15) is 5.69 Å². The van der Waals surface area contributed by atoms with Crippen LogP contribution in [0.2, 0.25) is 0 Å². The number of para-hydroxylation sites is 1. The summed E-state index contributed by atoms with van der Waals surface area (Å²) in [5.41, 5.74) is 8.58. The fraction of sp³-hybridized carbons (Fsp3) is 0.143. The van der Waals surface area contributed by atoms with Crippen molar-refractivity contribution in [2.75, 3.05) is 5.73 Å². The lowest BCUT2D eigenvalue weighted by molar-refractivity contribution is 0.104. The van der Waals surface area contributed by atoms with Crippen molar-refractivity contribution in [3.05, 3.63) is 47.7 Å². The van der Waals surface area contributed by atoms with Gasteiger partial charge in [-0.1, -0.05) is 23.8 Å². The molecule has 1 aromatic heterocycles. The first-order chi connectivity index (χ1) is 8.08. The Balaban J connectivity index is 2.58. The number of ketones is 1. The molecule has 3 heteroatoms. The van der Waals surface area contributed by atoms with Crippen LogP contribution in [0.25, 0.3) is 10.9 Å². The summed E-state index contributed by atoms with van der Waals surface area (Å²) < 4.78 is 0. The number of aromatic nitrogens is 1. The Bertz CT molecular complexity index is 611. The van der Waals surface area contributed by atoms with Crippen molar-refractivity contribution in [3.63, 3.8) is 0 Å². The summed E-state index contributed by atoms with van der Waals surface area (Å²) in [5, 5.41) is 0.876. The smallest absolute Gasteiger partial charge is 0.204 e. The maximum absolute atomic E-state index is 11.9. The lowest BCUT2D eigenvalue weighted by Gasteiger charge is -2.04. The van der Waals surface area contributed by atoms with Gasteiger partial charge >= 0.3 is 0 Å². The first kappa shape index (κ1) is 11.3. The molecule has 2 rings (SSSR count). The highest BCUT2D eigenvalue weighted by Gasteiger charge is 2.08. The second kappa shape index (κ2) is 4.37. The second-order valence-corrected chi connectivity index (χ2v) is 4.20. The topological polar surface area (TPSA) is 56.0 Å². The number of rotatable bonds is 2. The molecule has 0 aliphatic carbocycles. The molecule has 0 amide bonds. The standard InChI is InChI=1S/C14H14N2O/c1-9(2)7-14(17)13-8-11(15)10-5-3-4-6-12(10)16-13/h3-8H,1-2H3,(H2,15,16). The van der Waals surface area contributed by atoms with E-state index in [0.29, 0.717) is 11.4 Å². The van der Waals surface area contributed by atoms with Gasteiger partial charge in [-0.3, -0.25) is 4.79 Å². The van der Waals surface area contributed by atoms with Crippen LogP contribution < -0.4 is 5.73 Å². The summed E-state index contributed by atoms with van der Waals surface area (Å²) in [6.45, 7) is 3.75. The van der Waals surface area contributed by atoms with Gasteiger partial charge in [0, 0.05) is 11.1 Å². The van der Waals surface area contributed by atoms with E-state index in [1.807, 2.05) is 38.1 Å². The van der Waals surface area contributed by atoms with Crippen LogP contribution in [0.4, 0.5) is 5.69 Å². The number of nitrogen functional groups attached to an aromatic ring is 1. The van der Waals surface area contributed by atoms with Gasteiger partial charge in [0.25, 0.3) is 0 Å². The van der Waals surface area contributed by atoms with Crippen LogP contribution in [0.15, 0.2) is 42.0 Å². The number of nitrogens with two attached hydrogens (primary N) is 1. The highest BCUT2D eigenvalue weighted by Crippen LogP contribution is 2.20. The Morgan fingerprint density at radius 1 is 1.29 bits per heavy atom. The molecule has 0 bridgehead atoms. The predicted molar refractivity (Wildman–Crippen MR) is 69.9 cm³/mol. The Labute approximate surface area is 100.0 Å². The van der Waals surface area contributed by atoms with E-state index in [2.05, 4.69) is 4.98 Å². The van der Waals surface area contributed by atoms with Crippen LogP contribution in [0, 0.1) is 0 Å². The van der Waals surface area contributed by atoms with Gasteiger partial charge in [-0.15, -0.1) is 0 Å². The summed E-state index contributed by atoms with van der Waals surface area (Å²) in [6.07, 6.45) is 1.57. The summed E-state index contributed by atoms with van der Waals surface area (Å²) >= 11 is 0. The van der Waals surface area contributed by atoms with E-state index in [9.17, 15) is 4.79 Å². The fourth-order valence-corrected chi connectivity index (χ4v) is 1.66. The van der Waals surface area contributed by atoms with Crippen molar-refractivity contribution in [2.45, 2.75) is 13.8 Å². The predicted octanol–water partition coefficient (Wildman–Crippen LogP) is 2.97. The van der Waals surface area contributed by atoms with E-state index in [0.717, 1.165) is 16.5 Å². The third kappa shape index (κ3) is 2.33. The van der Waals surface area contributed by atoms with E-state index in [4.69, 9.17) is 5.73 Å². The molecule has 0 spiro atoms. The van der Waals surface area contributed by atoms with Gasteiger partial charge < -0.3 is 5.73 Å². The summed E-state index contributed by atoms with van der Waals surface area (Å²) in [7, 11) is 0. The Morgan fingerprint density at radius 3 is 2.71 bits per heavy atom. The minimum absolute atomic E-state index is 0.109. The van der Waals surface area contributed by atoms with Crippen LogP contribution in [-0.4, -0.2) is 10.8 Å². The zero-order chi connectivity index (χ0) is 12.4. The number of allylic oxidation sites excluding steroid dienone is 2. The van der Waals surface area contributed by atoms with E-state index in [-0.39, 0.29) is 5.78 Å². The molecule has 0 aliphatic heterocycles. The maximum atomic E-state index is 11.9. The molecular weight excluding hydrogens is 212 g/mol. The van der Waals surface area contributed by atoms with Gasteiger partial charge in [-0.05, 0) is 32.1 Å². The average molecular weight is 226 g/mol. The second-order valence-electron chi connectivity index (χ2n) is 4.20. The van der Waals surface area contributed by atoms with Gasteiger partial charge in [0.05, 0.1) is 5.52 Å². The molecule has 0 atom stereocenters. The van der Waals surface area contributed by atoms with Gasteiger partial charge in [0.15, 0.2) is 0 Å². The van der Waals surface area contributed by atoms with Crippen molar-refractivity contribution in [2.24, 2.45) is 0 Å². The number of hydrogen-bond acceptors (Lipinski definition) is 3. The number of benzene rings is 1. The third-order valence-electron chi connectivity index (χ3n) is 2.42. The largest absolute Gasteiger partial charge is 0.398 e. The molecule has 0 saturated carbocycles. The molecular formula is C14H14N2O. The minimum Gasteiger partial charge on any atom is -0.398 e. The summed E-state index contributed by atoms with van der Waals surface area (Å²) in [4.78, 5) is 16.2. The van der Waals surface area contributed by atoms with Crippen molar-refractivity contribution >= 4 is 22.4 Å². The number of hydrogen-bond donors (Lipinski definition) is 1. The Hall–Kier alpha value is -2.16. The van der Waals surface area contributed by atoms with Crippen LogP contribution >= 0.6 is 0 Å². The van der Waals surface area contributed by atoms with Crippen LogP contribution in [0.3, 0.4) is 0 Å². The SMILES string of the molecule is CC(C)=CC(=O)c1cc(N)c2ccccc2n1. The highest BCUT2D eigenvalue weighted by atomic mass is 16.1. The summed E-state index contributed by atoms with van der Waals surface area (Å²) in [6, 6.07) is 9.16. The average Bonchev–Trinajstić information content (AvgIpc) is 2.28. The van der Waals surface area contributed by atoms with E-state index < -0.39 is 0 Å². The first-order valence-electron chi connectivity index (χ1n) is 5.42. The zero-order valence-corrected chi connectivity index (χ0v) is 9.90. The van der Waals surface area contributed by atoms with Gasteiger partial charge in [-0.2, -0.15) is 0 Å². The minimum atomic E-state index is -0.109. The summed E-state index contributed by atoms with van der Waals surface area (Å²) in [5.74, 6) is -0.109. The van der Waals surface area contributed by atoms with E-state index >= 15 is 0 Å². The lowest BCUT2D eigenvalue weighted by Crippen LogP contribution is -2.01. The molecule has 2 N–H and O–H groups in total. The first-order valence-corrected chi connectivity index (χ1v) is 5.42. The number of carbonyl (C=O) groups excluding carboxylic acids is 1. The molecule has 17 heavy (non-hydrogen) atoms. The van der Waals surface area contributed by atoms with Gasteiger partial charge in [-0.25, -0.2) is 4.98 Å². The Morgan fingerprint density at radius 2 is 2.00 bits per heavy atom. The fourth-order valence-electron chi connectivity index (χ4n) is 1.66. The van der Waals surface area contributed by atoms with Crippen LogP contribution in [0.5, 0.6) is 0 Å². The normalized spacial score (nSPS) is 10.2. The molecule has 0 unspecified atom stereocenters. The number of carbonyl (C=O) groups is 1. The van der Waals surface area contributed by atoms with Crippen LogP contribution in [0.1, 0.15) is 24.3 Å². The molecule has 3 nitrogen and oxygen atoms in total. The zero-order valence-electron chi connectivity index (χ0n) is 9.90. The van der Waals surface area contributed by atoms with Crippen molar-refractivity contribution in [1.29, 1.82) is 0 Å². The molecule has 0 radical (unpaired) electrons. The molecule has 1 aromatic carbocycles. The van der Waals surface area contributed by atoms with Crippen molar-refractivity contribution < 1.29 is 4.79 Å². The maximum Gasteiger partial charge on any atom is 0.204 e. The highest BCUT2D eigenvalue weighted by molar-refractivity contribution is 6.06. The molecule has 86 valence electrons. The molecule has 0 fully saturated rings. The molecule has 1 heterocycles. The van der Waals surface area contributed by atoms with Crippen LogP contribution in [-0.2, 0) is 0 Å². The van der Waals surface area contributed by atoms with Crippen molar-refractivity contribution in [3.8, 4) is 0 Å². The quantitative estimate of drug-likeness (QED) is 0.632. The number of anilines is 1. The van der Waals surface area contributed by atoms with E-state index in [1.165, 1.54) is 0 Å². The number of fused-ring (bicyclic) bond motifs is 1. The number of pyridine rings is 1. The molecule has 0 saturated heterocycles. The van der Waals surface area contributed by atoms with Gasteiger partial charge in [0.2, 0.25) is 5.78 Å². The number of nitrogens with zero attached hydrogens (tertiary/aromatic N) is 1. The molecule has 0 aliphatic rings. The lowest BCUT2D eigenvalue weighted by atomic mass is 10.1.